The fraction of sp³-hybridized carbons (Fsp3) is 0.316. The van der Waals surface area contributed by atoms with Gasteiger partial charge in [0.2, 0.25) is 0 Å². The van der Waals surface area contributed by atoms with Gasteiger partial charge in [-0.05, 0) is 28.3 Å². The Morgan fingerprint density at radius 1 is 0.857 bits per heavy atom. The van der Waals surface area contributed by atoms with Crippen LogP contribution in [-0.2, 0) is 0 Å². The lowest BCUT2D eigenvalue weighted by atomic mass is 9.98. The van der Waals surface area contributed by atoms with E-state index in [-0.39, 0.29) is 0 Å². The van der Waals surface area contributed by atoms with Gasteiger partial charge in [-0.3, -0.25) is 0 Å². The minimum absolute atomic E-state index is 0.424. The lowest BCUT2D eigenvalue weighted by Gasteiger charge is -2.08. The summed E-state index contributed by atoms with van der Waals surface area (Å²) in [5.41, 5.74) is 3.67. The molecule has 0 unspecified atom stereocenters. The van der Waals surface area contributed by atoms with Crippen LogP contribution in [0.25, 0.3) is 22.0 Å². The van der Waals surface area contributed by atoms with Gasteiger partial charge in [0, 0.05) is 11.5 Å². The molecular weight excluding hydrogens is 256 g/mol. The van der Waals surface area contributed by atoms with E-state index < -0.39 is 0 Å². The molecule has 0 bridgehead atoms. The van der Waals surface area contributed by atoms with Gasteiger partial charge >= 0.3 is 0 Å². The summed E-state index contributed by atoms with van der Waals surface area (Å²) < 4.78 is 0. The van der Waals surface area contributed by atoms with E-state index in [9.17, 15) is 0 Å². The zero-order chi connectivity index (χ0) is 15.0. The molecule has 1 aromatic heterocycles. The van der Waals surface area contributed by atoms with Crippen LogP contribution in [0.4, 0.5) is 0 Å². The van der Waals surface area contributed by atoms with Gasteiger partial charge in [-0.15, -0.1) is 0 Å². The number of H-pyrrole nitrogens is 1. The summed E-state index contributed by atoms with van der Waals surface area (Å²) in [5.74, 6) is 2.03. The van der Waals surface area contributed by atoms with Crippen LogP contribution >= 0.6 is 0 Å². The Kier molecular flexibility index (Phi) is 3.54. The van der Waals surface area contributed by atoms with Crippen molar-refractivity contribution in [3.05, 3.63) is 54.0 Å². The quantitative estimate of drug-likeness (QED) is 0.675. The van der Waals surface area contributed by atoms with Crippen LogP contribution < -0.4 is 0 Å². The molecular formula is C19H22N2. The van der Waals surface area contributed by atoms with Crippen molar-refractivity contribution in [1.29, 1.82) is 0 Å². The van der Waals surface area contributed by atoms with Gasteiger partial charge in [0.15, 0.2) is 0 Å². The third-order valence-corrected chi connectivity index (χ3v) is 3.98. The van der Waals surface area contributed by atoms with Gasteiger partial charge in [0.1, 0.15) is 5.82 Å². The average Bonchev–Trinajstić information content (AvgIpc) is 2.96. The van der Waals surface area contributed by atoms with E-state index in [1.54, 1.807) is 0 Å². The van der Waals surface area contributed by atoms with Crippen molar-refractivity contribution >= 4 is 10.8 Å². The molecule has 0 amide bonds. The normalized spacial score (nSPS) is 11.7. The first-order valence-corrected chi connectivity index (χ1v) is 7.63. The molecule has 1 heterocycles. The molecule has 108 valence electrons. The number of hydrogen-bond acceptors (Lipinski definition) is 1. The molecule has 3 aromatic rings. The SMILES string of the molecule is CC(C)c1ccc2cc(-c3cnc(C(C)C)[nH]3)ccc2c1. The van der Waals surface area contributed by atoms with E-state index in [1.807, 2.05) is 6.20 Å². The van der Waals surface area contributed by atoms with Crippen molar-refractivity contribution in [2.75, 3.05) is 0 Å². The molecule has 0 saturated carbocycles. The maximum absolute atomic E-state index is 4.45. The Morgan fingerprint density at radius 3 is 2.24 bits per heavy atom. The zero-order valence-electron chi connectivity index (χ0n) is 13.1. The topological polar surface area (TPSA) is 28.7 Å². The maximum atomic E-state index is 4.45. The van der Waals surface area contributed by atoms with E-state index in [4.69, 9.17) is 0 Å². The number of imidazole rings is 1. The number of nitrogens with zero attached hydrogens (tertiary/aromatic N) is 1. The summed E-state index contributed by atoms with van der Waals surface area (Å²) in [6, 6.07) is 13.3. The summed E-state index contributed by atoms with van der Waals surface area (Å²) in [5, 5.41) is 2.58. The van der Waals surface area contributed by atoms with Crippen LogP contribution in [0.2, 0.25) is 0 Å². The van der Waals surface area contributed by atoms with E-state index in [0.717, 1.165) is 11.5 Å². The maximum Gasteiger partial charge on any atom is 0.109 e. The molecule has 0 atom stereocenters. The molecule has 1 N–H and O–H groups in total. The Labute approximate surface area is 126 Å². The second-order valence-corrected chi connectivity index (χ2v) is 6.31. The number of benzene rings is 2. The first-order valence-electron chi connectivity index (χ1n) is 7.63. The summed E-state index contributed by atoms with van der Waals surface area (Å²) >= 11 is 0. The minimum Gasteiger partial charge on any atom is -0.342 e. The Balaban J connectivity index is 2.02. The first kappa shape index (κ1) is 13.9. The highest BCUT2D eigenvalue weighted by Crippen LogP contribution is 2.27. The standard InChI is InChI=1S/C19H22N2/c1-12(2)14-5-6-16-10-17(8-7-15(16)9-14)18-11-20-19(21-18)13(3)4/h5-13H,1-4H3,(H,20,21). The molecule has 2 nitrogen and oxygen atoms in total. The number of aromatic nitrogens is 2. The van der Waals surface area contributed by atoms with E-state index >= 15 is 0 Å². The lowest BCUT2D eigenvalue weighted by molar-refractivity contribution is 0.795. The molecule has 0 aliphatic heterocycles. The van der Waals surface area contributed by atoms with Crippen LogP contribution in [0.3, 0.4) is 0 Å². The highest BCUT2D eigenvalue weighted by Gasteiger charge is 2.07. The number of aromatic amines is 1. The Bertz CT molecular complexity index is 766. The third-order valence-electron chi connectivity index (χ3n) is 3.98. The molecule has 3 rings (SSSR count). The molecule has 0 aliphatic carbocycles. The average molecular weight is 278 g/mol. The van der Waals surface area contributed by atoms with Crippen molar-refractivity contribution in [2.45, 2.75) is 39.5 Å². The predicted molar refractivity (Wildman–Crippen MR) is 89.7 cm³/mol. The molecule has 0 spiro atoms. The number of hydrogen-bond donors (Lipinski definition) is 1. The molecule has 0 saturated heterocycles. The van der Waals surface area contributed by atoms with E-state index in [1.165, 1.54) is 21.9 Å². The fourth-order valence-corrected chi connectivity index (χ4v) is 2.57. The second kappa shape index (κ2) is 5.36. The van der Waals surface area contributed by atoms with Crippen LogP contribution in [0.15, 0.2) is 42.6 Å². The summed E-state index contributed by atoms with van der Waals surface area (Å²) in [6.45, 7) is 8.76. The van der Waals surface area contributed by atoms with Crippen LogP contribution in [0.1, 0.15) is 50.9 Å². The van der Waals surface area contributed by atoms with Gasteiger partial charge in [-0.2, -0.15) is 0 Å². The Morgan fingerprint density at radius 2 is 1.57 bits per heavy atom. The van der Waals surface area contributed by atoms with Gasteiger partial charge in [0.25, 0.3) is 0 Å². The molecule has 21 heavy (non-hydrogen) atoms. The largest absolute Gasteiger partial charge is 0.342 e. The van der Waals surface area contributed by atoms with Gasteiger partial charge in [-0.1, -0.05) is 58.0 Å². The predicted octanol–water partition coefficient (Wildman–Crippen LogP) is 5.48. The van der Waals surface area contributed by atoms with Crippen molar-refractivity contribution < 1.29 is 0 Å². The summed E-state index contributed by atoms with van der Waals surface area (Å²) in [4.78, 5) is 7.87. The molecule has 0 aliphatic rings. The Hall–Kier alpha value is -2.09. The third kappa shape index (κ3) is 2.71. The van der Waals surface area contributed by atoms with Crippen molar-refractivity contribution in [3.8, 4) is 11.3 Å². The van der Waals surface area contributed by atoms with Crippen molar-refractivity contribution in [2.24, 2.45) is 0 Å². The molecule has 0 fully saturated rings. The highest BCUT2D eigenvalue weighted by molar-refractivity contribution is 5.87. The van der Waals surface area contributed by atoms with Crippen molar-refractivity contribution in [1.82, 2.24) is 9.97 Å². The molecule has 0 radical (unpaired) electrons. The summed E-state index contributed by atoms with van der Waals surface area (Å²) in [7, 11) is 0. The number of fused-ring (bicyclic) bond motifs is 1. The smallest absolute Gasteiger partial charge is 0.109 e. The fourth-order valence-electron chi connectivity index (χ4n) is 2.57. The summed E-state index contributed by atoms with van der Waals surface area (Å²) in [6.07, 6.45) is 1.93. The minimum atomic E-state index is 0.424. The highest BCUT2D eigenvalue weighted by atomic mass is 14.9. The van der Waals surface area contributed by atoms with Crippen LogP contribution in [0.5, 0.6) is 0 Å². The van der Waals surface area contributed by atoms with Crippen molar-refractivity contribution in [3.63, 3.8) is 0 Å². The van der Waals surface area contributed by atoms with E-state index in [0.29, 0.717) is 11.8 Å². The van der Waals surface area contributed by atoms with Crippen LogP contribution in [0, 0.1) is 0 Å². The molecule has 2 aromatic carbocycles. The van der Waals surface area contributed by atoms with Gasteiger partial charge in [0.05, 0.1) is 11.9 Å². The van der Waals surface area contributed by atoms with Gasteiger partial charge < -0.3 is 4.98 Å². The molecule has 2 heteroatoms. The van der Waals surface area contributed by atoms with Crippen LogP contribution in [-0.4, -0.2) is 9.97 Å². The number of rotatable bonds is 3. The second-order valence-electron chi connectivity index (χ2n) is 6.31. The monoisotopic (exact) mass is 278 g/mol. The lowest BCUT2D eigenvalue weighted by Crippen LogP contribution is -1.89. The zero-order valence-corrected chi connectivity index (χ0v) is 13.1. The number of nitrogens with one attached hydrogen (secondary N) is 1. The van der Waals surface area contributed by atoms with Gasteiger partial charge in [-0.25, -0.2) is 4.98 Å². The van der Waals surface area contributed by atoms with E-state index in [2.05, 4.69) is 74.1 Å². The first-order chi connectivity index (χ1) is 10.0.